The second kappa shape index (κ2) is 4.86. The summed E-state index contributed by atoms with van der Waals surface area (Å²) in [6.45, 7) is 1.21. The minimum absolute atomic E-state index is 0.0780. The van der Waals surface area contributed by atoms with Crippen molar-refractivity contribution in [1.82, 2.24) is 4.90 Å². The first-order chi connectivity index (χ1) is 10.1. The Balaban J connectivity index is 1.78. The van der Waals surface area contributed by atoms with Crippen LogP contribution in [0.3, 0.4) is 0 Å². The standard InChI is InChI=1S/C14H17F3N2O2S/c15-14(16,17)11-2-1-3-12(18)10(11)6-19-5-4-13(7-19)8-22(20,21)9-13/h1-3H,4-9,18H2. The van der Waals surface area contributed by atoms with Gasteiger partial charge in [0.05, 0.1) is 17.1 Å². The molecular formula is C14H17F3N2O2S. The third-order valence-corrected chi connectivity index (χ3v) is 6.57. The fourth-order valence-corrected chi connectivity index (χ4v) is 5.81. The number of sulfone groups is 1. The van der Waals surface area contributed by atoms with E-state index in [1.807, 2.05) is 4.90 Å². The molecule has 2 saturated heterocycles. The lowest BCUT2D eigenvalue weighted by Crippen LogP contribution is -2.50. The number of nitrogens with two attached hydrogens (primary N) is 1. The van der Waals surface area contributed by atoms with E-state index < -0.39 is 21.6 Å². The lowest BCUT2D eigenvalue weighted by molar-refractivity contribution is -0.138. The van der Waals surface area contributed by atoms with Gasteiger partial charge in [-0.15, -0.1) is 0 Å². The van der Waals surface area contributed by atoms with Crippen LogP contribution in [0.15, 0.2) is 18.2 Å². The van der Waals surface area contributed by atoms with E-state index in [1.165, 1.54) is 12.1 Å². The van der Waals surface area contributed by atoms with E-state index in [4.69, 9.17) is 5.73 Å². The fourth-order valence-electron chi connectivity index (χ4n) is 3.56. The Hall–Kier alpha value is -1.28. The molecule has 2 aliphatic rings. The van der Waals surface area contributed by atoms with Crippen molar-refractivity contribution >= 4 is 15.5 Å². The van der Waals surface area contributed by atoms with E-state index in [1.54, 1.807) is 0 Å². The summed E-state index contributed by atoms with van der Waals surface area (Å²) in [5, 5.41) is 0. The summed E-state index contributed by atoms with van der Waals surface area (Å²) in [6, 6.07) is 3.79. The number of anilines is 1. The Morgan fingerprint density at radius 1 is 1.27 bits per heavy atom. The molecule has 8 heteroatoms. The highest BCUT2D eigenvalue weighted by Crippen LogP contribution is 2.43. The first kappa shape index (κ1) is 15.6. The van der Waals surface area contributed by atoms with Crippen LogP contribution in [0.5, 0.6) is 0 Å². The monoisotopic (exact) mass is 334 g/mol. The van der Waals surface area contributed by atoms with Crippen molar-refractivity contribution < 1.29 is 21.6 Å². The van der Waals surface area contributed by atoms with Crippen LogP contribution < -0.4 is 5.73 Å². The van der Waals surface area contributed by atoms with Gasteiger partial charge in [-0.25, -0.2) is 8.42 Å². The molecule has 2 fully saturated rings. The normalized spacial score (nSPS) is 23.6. The van der Waals surface area contributed by atoms with Crippen LogP contribution >= 0.6 is 0 Å². The van der Waals surface area contributed by atoms with Gasteiger partial charge in [-0.2, -0.15) is 13.2 Å². The molecule has 0 radical (unpaired) electrons. The summed E-state index contributed by atoms with van der Waals surface area (Å²) in [6.07, 6.45) is -3.73. The highest BCUT2D eigenvalue weighted by Gasteiger charge is 2.52. The van der Waals surface area contributed by atoms with E-state index >= 15 is 0 Å². The van der Waals surface area contributed by atoms with Crippen molar-refractivity contribution in [2.75, 3.05) is 30.3 Å². The van der Waals surface area contributed by atoms with Gasteiger partial charge in [0, 0.05) is 29.8 Å². The van der Waals surface area contributed by atoms with Crippen LogP contribution in [-0.4, -0.2) is 37.9 Å². The number of nitrogens with zero attached hydrogens (tertiary/aromatic N) is 1. The summed E-state index contributed by atoms with van der Waals surface area (Å²) in [4.78, 5) is 1.87. The highest BCUT2D eigenvalue weighted by molar-refractivity contribution is 7.92. The van der Waals surface area contributed by atoms with Gasteiger partial charge in [-0.05, 0) is 25.1 Å². The molecule has 0 aliphatic carbocycles. The van der Waals surface area contributed by atoms with Crippen molar-refractivity contribution in [2.45, 2.75) is 19.1 Å². The van der Waals surface area contributed by atoms with Crippen LogP contribution in [0, 0.1) is 5.41 Å². The Labute approximate surface area is 127 Å². The second-order valence-corrected chi connectivity index (χ2v) is 8.43. The van der Waals surface area contributed by atoms with E-state index in [0.29, 0.717) is 19.5 Å². The molecular weight excluding hydrogens is 317 g/mol. The Morgan fingerprint density at radius 3 is 2.55 bits per heavy atom. The van der Waals surface area contributed by atoms with Gasteiger partial charge in [0.2, 0.25) is 0 Å². The number of hydrogen-bond acceptors (Lipinski definition) is 4. The van der Waals surface area contributed by atoms with Crippen molar-refractivity contribution in [2.24, 2.45) is 5.41 Å². The van der Waals surface area contributed by atoms with Crippen LogP contribution in [0.25, 0.3) is 0 Å². The number of rotatable bonds is 2. The number of alkyl halides is 3. The third kappa shape index (κ3) is 2.81. The van der Waals surface area contributed by atoms with Gasteiger partial charge in [0.25, 0.3) is 0 Å². The molecule has 122 valence electrons. The predicted molar refractivity (Wildman–Crippen MR) is 76.8 cm³/mol. The number of halogens is 3. The molecule has 1 aromatic carbocycles. The van der Waals surface area contributed by atoms with Gasteiger partial charge in [-0.3, -0.25) is 4.90 Å². The molecule has 0 bridgehead atoms. The van der Waals surface area contributed by atoms with E-state index in [-0.39, 0.29) is 34.7 Å². The number of benzene rings is 1. The van der Waals surface area contributed by atoms with Crippen molar-refractivity contribution in [3.05, 3.63) is 29.3 Å². The lowest BCUT2D eigenvalue weighted by Gasteiger charge is -2.37. The highest BCUT2D eigenvalue weighted by atomic mass is 32.2. The first-order valence-corrected chi connectivity index (χ1v) is 8.80. The van der Waals surface area contributed by atoms with Crippen molar-refractivity contribution in [3.63, 3.8) is 0 Å². The molecule has 0 amide bonds. The topological polar surface area (TPSA) is 63.4 Å². The van der Waals surface area contributed by atoms with Crippen LogP contribution in [0.2, 0.25) is 0 Å². The number of nitrogen functional groups attached to an aromatic ring is 1. The Kier molecular flexibility index (Phi) is 3.45. The molecule has 2 aliphatic heterocycles. The zero-order chi connectivity index (χ0) is 16.2. The Bertz CT molecular complexity index is 689. The van der Waals surface area contributed by atoms with Gasteiger partial charge in [-0.1, -0.05) is 6.07 Å². The van der Waals surface area contributed by atoms with Crippen LogP contribution in [0.4, 0.5) is 18.9 Å². The molecule has 2 heterocycles. The quantitative estimate of drug-likeness (QED) is 0.839. The average Bonchev–Trinajstić information content (AvgIpc) is 2.72. The maximum absolute atomic E-state index is 13.1. The van der Waals surface area contributed by atoms with E-state index in [2.05, 4.69) is 0 Å². The third-order valence-electron chi connectivity index (χ3n) is 4.47. The molecule has 1 aromatic rings. The molecule has 0 saturated carbocycles. The maximum Gasteiger partial charge on any atom is 0.416 e. The predicted octanol–water partition coefficient (Wildman–Crippen LogP) is 1.91. The lowest BCUT2D eigenvalue weighted by atomic mass is 9.91. The molecule has 0 unspecified atom stereocenters. The van der Waals surface area contributed by atoms with Crippen LogP contribution in [-0.2, 0) is 22.6 Å². The zero-order valence-electron chi connectivity index (χ0n) is 11.9. The SMILES string of the molecule is Nc1cccc(C(F)(F)F)c1CN1CCC2(C1)CS(=O)(=O)C2. The summed E-state index contributed by atoms with van der Waals surface area (Å²) in [5.74, 6) is 0.291. The molecule has 0 atom stereocenters. The molecule has 4 nitrogen and oxygen atoms in total. The van der Waals surface area contributed by atoms with Gasteiger partial charge in [0.1, 0.15) is 0 Å². The van der Waals surface area contributed by atoms with Gasteiger partial charge < -0.3 is 5.73 Å². The summed E-state index contributed by atoms with van der Waals surface area (Å²) in [5.41, 5.74) is 4.95. The molecule has 2 N–H and O–H groups in total. The number of hydrogen-bond donors (Lipinski definition) is 1. The molecule has 1 spiro atoms. The zero-order valence-corrected chi connectivity index (χ0v) is 12.7. The summed E-state index contributed by atoms with van der Waals surface area (Å²) >= 11 is 0. The minimum Gasteiger partial charge on any atom is -0.398 e. The minimum atomic E-state index is -4.44. The van der Waals surface area contributed by atoms with Gasteiger partial charge >= 0.3 is 6.18 Å². The summed E-state index contributed by atoms with van der Waals surface area (Å²) < 4.78 is 62.0. The smallest absolute Gasteiger partial charge is 0.398 e. The maximum atomic E-state index is 13.1. The fraction of sp³-hybridized carbons (Fsp3) is 0.571. The molecule has 3 rings (SSSR count). The largest absolute Gasteiger partial charge is 0.416 e. The Morgan fingerprint density at radius 2 is 1.95 bits per heavy atom. The molecule has 22 heavy (non-hydrogen) atoms. The van der Waals surface area contributed by atoms with Gasteiger partial charge in [0.15, 0.2) is 9.84 Å². The molecule has 0 aromatic heterocycles. The van der Waals surface area contributed by atoms with E-state index in [9.17, 15) is 21.6 Å². The van der Waals surface area contributed by atoms with Crippen LogP contribution in [0.1, 0.15) is 17.5 Å². The van der Waals surface area contributed by atoms with Crippen molar-refractivity contribution in [3.8, 4) is 0 Å². The number of likely N-dealkylation sites (tertiary alicyclic amines) is 1. The second-order valence-electron chi connectivity index (χ2n) is 6.36. The first-order valence-electron chi connectivity index (χ1n) is 6.98. The summed E-state index contributed by atoms with van der Waals surface area (Å²) in [7, 11) is -2.94. The van der Waals surface area contributed by atoms with Crippen molar-refractivity contribution in [1.29, 1.82) is 0 Å². The van der Waals surface area contributed by atoms with E-state index in [0.717, 1.165) is 6.07 Å². The average molecular weight is 334 g/mol.